The van der Waals surface area contributed by atoms with Crippen molar-refractivity contribution in [3.8, 4) is 0 Å². The molecule has 0 spiro atoms. The minimum atomic E-state index is -1.02. The van der Waals surface area contributed by atoms with Crippen molar-refractivity contribution in [2.45, 2.75) is 71.1 Å². The third kappa shape index (κ3) is 10.3. The first-order valence-corrected chi connectivity index (χ1v) is 10.0. The van der Waals surface area contributed by atoms with Crippen LogP contribution in [0.15, 0.2) is 18.2 Å². The minimum Gasteiger partial charge on any atom is -0.391 e. The Morgan fingerprint density at radius 2 is 1.76 bits per heavy atom. The molecule has 1 aromatic rings. The third-order valence-electron chi connectivity index (χ3n) is 4.34. The molecule has 3 N–H and O–H groups in total. The van der Waals surface area contributed by atoms with Crippen molar-refractivity contribution in [2.24, 2.45) is 0 Å². The van der Waals surface area contributed by atoms with E-state index in [4.69, 9.17) is 4.74 Å². The fraction of sp³-hybridized carbons (Fsp3) is 0.619. The van der Waals surface area contributed by atoms with Gasteiger partial charge in [-0.05, 0) is 43.4 Å². The van der Waals surface area contributed by atoms with Gasteiger partial charge in [0, 0.05) is 25.6 Å². The molecule has 0 heterocycles. The summed E-state index contributed by atoms with van der Waals surface area (Å²) in [5, 5.41) is 16.2. The number of aliphatic hydroxyl groups excluding tert-OH is 1. The molecule has 0 saturated heterocycles. The normalized spacial score (nSPS) is 14.1. The Hall–Kier alpha value is -2.06. The van der Waals surface area contributed by atoms with Crippen molar-refractivity contribution < 1.29 is 28.2 Å². The van der Waals surface area contributed by atoms with Gasteiger partial charge in [0.15, 0.2) is 0 Å². The number of nitrogens with one attached hydrogen (secondary N) is 2. The molecule has 0 aliphatic heterocycles. The Balaban J connectivity index is 2.80. The van der Waals surface area contributed by atoms with Crippen LogP contribution in [0.3, 0.4) is 0 Å². The summed E-state index contributed by atoms with van der Waals surface area (Å²) in [5.41, 5.74) is 0.323. The number of hydrogen-bond acceptors (Lipinski definition) is 4. The van der Waals surface area contributed by atoms with E-state index in [0.717, 1.165) is 18.9 Å². The Morgan fingerprint density at radius 1 is 1.10 bits per heavy atom. The number of amides is 2. The fourth-order valence-corrected chi connectivity index (χ4v) is 3.16. The zero-order valence-electron chi connectivity index (χ0n) is 17.3. The number of carbonyl (C=O) groups excluding carboxylic acids is 2. The smallest absolute Gasteiger partial charge is 0.246 e. The van der Waals surface area contributed by atoms with Crippen molar-refractivity contribution in [3.05, 3.63) is 35.4 Å². The maximum atomic E-state index is 13.5. The number of aliphatic hydroxyl groups is 1. The first-order valence-electron chi connectivity index (χ1n) is 10.0. The van der Waals surface area contributed by atoms with E-state index in [-0.39, 0.29) is 37.3 Å². The number of hydrogen-bond donors (Lipinski definition) is 3. The highest BCUT2D eigenvalue weighted by molar-refractivity contribution is 5.77. The predicted molar refractivity (Wildman–Crippen MR) is 106 cm³/mol. The van der Waals surface area contributed by atoms with Gasteiger partial charge in [0.1, 0.15) is 18.2 Å². The van der Waals surface area contributed by atoms with Crippen LogP contribution in [0.2, 0.25) is 0 Å². The van der Waals surface area contributed by atoms with Crippen LogP contribution in [0.1, 0.15) is 52.0 Å². The molecule has 164 valence electrons. The number of rotatable bonds is 13. The predicted octanol–water partition coefficient (Wildman–Crippen LogP) is 2.47. The second-order valence-electron chi connectivity index (χ2n) is 7.20. The summed E-state index contributed by atoms with van der Waals surface area (Å²) in [5.74, 6) is -2.08. The number of carbonyl (C=O) groups is 2. The van der Waals surface area contributed by atoms with Crippen molar-refractivity contribution in [1.29, 1.82) is 0 Å². The lowest BCUT2D eigenvalue weighted by Crippen LogP contribution is -2.48. The summed E-state index contributed by atoms with van der Waals surface area (Å²) >= 11 is 0. The lowest BCUT2D eigenvalue weighted by Gasteiger charge is -2.28. The van der Waals surface area contributed by atoms with E-state index in [1.165, 1.54) is 19.1 Å². The largest absolute Gasteiger partial charge is 0.391 e. The average molecular weight is 414 g/mol. The monoisotopic (exact) mass is 414 g/mol. The van der Waals surface area contributed by atoms with Gasteiger partial charge in [0.25, 0.3) is 0 Å². The first-order chi connectivity index (χ1) is 13.7. The third-order valence-corrected chi connectivity index (χ3v) is 4.34. The summed E-state index contributed by atoms with van der Waals surface area (Å²) in [4.78, 5) is 23.6. The second-order valence-corrected chi connectivity index (χ2v) is 7.20. The molecule has 0 radical (unpaired) electrons. The van der Waals surface area contributed by atoms with E-state index in [2.05, 4.69) is 10.6 Å². The van der Waals surface area contributed by atoms with Gasteiger partial charge in [-0.2, -0.15) is 0 Å². The summed E-state index contributed by atoms with van der Waals surface area (Å²) in [6.45, 7) is 5.65. The Labute approximate surface area is 171 Å². The Kier molecular flexibility index (Phi) is 11.4. The first kappa shape index (κ1) is 25.0. The molecule has 3 unspecified atom stereocenters. The maximum absolute atomic E-state index is 13.5. The fourth-order valence-electron chi connectivity index (χ4n) is 3.16. The summed E-state index contributed by atoms with van der Waals surface area (Å²) in [6, 6.07) is 2.04. The second kappa shape index (κ2) is 13.2. The highest BCUT2D eigenvalue weighted by atomic mass is 19.1. The highest BCUT2D eigenvalue weighted by Crippen LogP contribution is 2.15. The van der Waals surface area contributed by atoms with Gasteiger partial charge >= 0.3 is 0 Å². The minimum absolute atomic E-state index is 0.0537. The topological polar surface area (TPSA) is 87.7 Å². The molecule has 6 nitrogen and oxygen atoms in total. The van der Waals surface area contributed by atoms with Gasteiger partial charge in [-0.25, -0.2) is 8.78 Å². The lowest BCUT2D eigenvalue weighted by molar-refractivity contribution is -0.127. The van der Waals surface area contributed by atoms with Gasteiger partial charge in [-0.1, -0.05) is 20.3 Å². The maximum Gasteiger partial charge on any atom is 0.246 e. The molecule has 0 fully saturated rings. The molecule has 8 heteroatoms. The van der Waals surface area contributed by atoms with Crippen molar-refractivity contribution in [1.82, 2.24) is 10.6 Å². The molecule has 0 bridgehead atoms. The van der Waals surface area contributed by atoms with Crippen molar-refractivity contribution >= 4 is 11.8 Å². The highest BCUT2D eigenvalue weighted by Gasteiger charge is 2.25. The SMILES string of the molecule is CCCOCC(=O)NC(CCC)CC(O)C(Cc1cc(F)cc(F)c1)NC(C)=O. The zero-order valence-corrected chi connectivity index (χ0v) is 17.3. The van der Waals surface area contributed by atoms with Gasteiger partial charge in [0.2, 0.25) is 11.8 Å². The summed E-state index contributed by atoms with van der Waals surface area (Å²) in [7, 11) is 0. The molecule has 1 rings (SSSR count). The van der Waals surface area contributed by atoms with E-state index in [9.17, 15) is 23.5 Å². The van der Waals surface area contributed by atoms with E-state index in [1.807, 2.05) is 13.8 Å². The number of benzene rings is 1. The zero-order chi connectivity index (χ0) is 21.8. The number of halogens is 2. The van der Waals surface area contributed by atoms with Gasteiger partial charge in [-0.15, -0.1) is 0 Å². The van der Waals surface area contributed by atoms with Crippen LogP contribution in [0.4, 0.5) is 8.78 Å². The average Bonchev–Trinajstić information content (AvgIpc) is 2.60. The van der Waals surface area contributed by atoms with Crippen LogP contribution in [0.5, 0.6) is 0 Å². The molecular weight excluding hydrogens is 382 g/mol. The van der Waals surface area contributed by atoms with Crippen LogP contribution in [-0.4, -0.2) is 48.3 Å². The van der Waals surface area contributed by atoms with Crippen LogP contribution >= 0.6 is 0 Å². The molecule has 29 heavy (non-hydrogen) atoms. The standard InChI is InChI=1S/C21H32F2N2O4/c1-4-6-18(25-21(28)13-29-7-5-2)12-20(27)19(24-14(3)26)10-15-8-16(22)11-17(23)9-15/h8-9,11,18-20,27H,4-7,10,12-13H2,1-3H3,(H,24,26)(H,25,28). The van der Waals surface area contributed by atoms with Crippen LogP contribution < -0.4 is 10.6 Å². The number of ether oxygens (including phenoxy) is 1. The molecule has 2 amide bonds. The summed E-state index contributed by atoms with van der Waals surface area (Å²) < 4.78 is 32.2. The lowest BCUT2D eigenvalue weighted by atomic mass is 9.94. The van der Waals surface area contributed by atoms with Gasteiger partial charge in [0.05, 0.1) is 12.1 Å². The molecule has 0 aliphatic carbocycles. The molecule has 0 aromatic heterocycles. The van der Waals surface area contributed by atoms with E-state index < -0.39 is 23.8 Å². The van der Waals surface area contributed by atoms with E-state index in [1.54, 1.807) is 0 Å². The molecule has 0 aliphatic rings. The van der Waals surface area contributed by atoms with E-state index >= 15 is 0 Å². The summed E-state index contributed by atoms with van der Waals surface area (Å²) in [6.07, 6.45) is 1.46. The van der Waals surface area contributed by atoms with Crippen LogP contribution in [-0.2, 0) is 20.7 Å². The Morgan fingerprint density at radius 3 is 2.31 bits per heavy atom. The van der Waals surface area contributed by atoms with Crippen LogP contribution in [0.25, 0.3) is 0 Å². The molecule has 1 aromatic carbocycles. The molecule has 3 atom stereocenters. The quantitative estimate of drug-likeness (QED) is 0.433. The van der Waals surface area contributed by atoms with Crippen LogP contribution in [0, 0.1) is 11.6 Å². The van der Waals surface area contributed by atoms with Gasteiger partial charge in [-0.3, -0.25) is 9.59 Å². The molecule has 0 saturated carbocycles. The Bertz CT molecular complexity index is 637. The van der Waals surface area contributed by atoms with Crippen molar-refractivity contribution in [2.75, 3.05) is 13.2 Å². The molecular formula is C21H32F2N2O4. The van der Waals surface area contributed by atoms with E-state index in [0.29, 0.717) is 18.6 Å². The van der Waals surface area contributed by atoms with Gasteiger partial charge < -0.3 is 20.5 Å². The van der Waals surface area contributed by atoms with Crippen molar-refractivity contribution in [3.63, 3.8) is 0 Å².